The largest absolute Gasteiger partial charge is 0.481 e. The highest BCUT2D eigenvalue weighted by Gasteiger charge is 2.38. The number of rotatable bonds is 5. The average Bonchev–Trinajstić information content (AvgIpc) is 2.33. The van der Waals surface area contributed by atoms with Crippen LogP contribution in [0.15, 0.2) is 18.2 Å². The average molecular weight is 318 g/mol. The fourth-order valence-corrected chi connectivity index (χ4v) is 1.98. The first-order chi connectivity index (χ1) is 9.16. The van der Waals surface area contributed by atoms with E-state index >= 15 is 0 Å². The predicted octanol–water partition coefficient (Wildman–Crippen LogP) is 4.07. The number of benzene rings is 1. The first-order valence-corrected chi connectivity index (χ1v) is 6.90. The van der Waals surface area contributed by atoms with Crippen molar-refractivity contribution < 1.29 is 14.7 Å². The molecule has 0 fully saturated rings. The van der Waals surface area contributed by atoms with Gasteiger partial charge in [0.25, 0.3) is 0 Å². The van der Waals surface area contributed by atoms with Crippen molar-refractivity contribution >= 4 is 40.8 Å². The zero-order valence-corrected chi connectivity index (χ0v) is 13.0. The number of carbonyl (C=O) groups excluding carboxylic acids is 1. The van der Waals surface area contributed by atoms with Crippen LogP contribution in [0.2, 0.25) is 10.0 Å². The van der Waals surface area contributed by atoms with E-state index in [4.69, 9.17) is 23.2 Å². The Morgan fingerprint density at radius 2 is 1.95 bits per heavy atom. The van der Waals surface area contributed by atoms with Crippen molar-refractivity contribution in [3.63, 3.8) is 0 Å². The van der Waals surface area contributed by atoms with Crippen LogP contribution in [-0.4, -0.2) is 17.0 Å². The molecule has 0 saturated heterocycles. The lowest BCUT2D eigenvalue weighted by atomic mass is 9.76. The summed E-state index contributed by atoms with van der Waals surface area (Å²) >= 11 is 11.8. The molecule has 0 spiro atoms. The standard InChI is InChI=1S/C14H17Cl2NO3/c1-8(2)14(3,13(19)20)7-12(18)17-11-6-9(15)4-5-10(11)16/h4-6,8H,7H2,1-3H3,(H,17,18)(H,19,20). The molecule has 110 valence electrons. The molecule has 0 saturated carbocycles. The van der Waals surface area contributed by atoms with Crippen LogP contribution in [0.5, 0.6) is 0 Å². The maximum atomic E-state index is 12.0. The summed E-state index contributed by atoms with van der Waals surface area (Å²) in [6, 6.07) is 4.70. The number of hydrogen-bond acceptors (Lipinski definition) is 2. The van der Waals surface area contributed by atoms with Crippen molar-refractivity contribution in [2.75, 3.05) is 5.32 Å². The SMILES string of the molecule is CC(C)C(C)(CC(=O)Nc1cc(Cl)ccc1Cl)C(=O)O. The molecule has 0 aliphatic heterocycles. The Balaban J connectivity index is 2.87. The number of carboxylic acid groups (broad SMARTS) is 1. The summed E-state index contributed by atoms with van der Waals surface area (Å²) in [7, 11) is 0. The molecule has 0 aliphatic rings. The molecular formula is C14H17Cl2NO3. The van der Waals surface area contributed by atoms with E-state index in [2.05, 4.69) is 5.32 Å². The zero-order chi connectivity index (χ0) is 15.5. The maximum Gasteiger partial charge on any atom is 0.310 e. The lowest BCUT2D eigenvalue weighted by molar-refractivity contribution is -0.153. The first-order valence-electron chi connectivity index (χ1n) is 6.15. The third-order valence-electron chi connectivity index (χ3n) is 3.49. The van der Waals surface area contributed by atoms with E-state index in [0.29, 0.717) is 15.7 Å². The van der Waals surface area contributed by atoms with Crippen LogP contribution in [0.3, 0.4) is 0 Å². The topological polar surface area (TPSA) is 66.4 Å². The molecule has 0 heterocycles. The normalized spacial score (nSPS) is 13.9. The molecule has 0 radical (unpaired) electrons. The fourth-order valence-electron chi connectivity index (χ4n) is 1.65. The minimum atomic E-state index is -1.13. The molecule has 6 heteroatoms. The van der Waals surface area contributed by atoms with Crippen molar-refractivity contribution in [3.05, 3.63) is 28.2 Å². The molecule has 4 nitrogen and oxygen atoms in total. The zero-order valence-electron chi connectivity index (χ0n) is 11.5. The summed E-state index contributed by atoms with van der Waals surface area (Å²) in [5, 5.41) is 12.7. The molecule has 1 aromatic carbocycles. The molecule has 1 aromatic rings. The van der Waals surface area contributed by atoms with Gasteiger partial charge in [0.15, 0.2) is 0 Å². The quantitative estimate of drug-likeness (QED) is 0.860. The van der Waals surface area contributed by atoms with Gasteiger partial charge in [0.05, 0.1) is 16.1 Å². The second kappa shape index (κ2) is 6.46. The van der Waals surface area contributed by atoms with Crippen molar-refractivity contribution in [2.45, 2.75) is 27.2 Å². The van der Waals surface area contributed by atoms with E-state index in [1.165, 1.54) is 6.07 Å². The summed E-state index contributed by atoms with van der Waals surface area (Å²) in [6.45, 7) is 5.10. The molecule has 0 bridgehead atoms. The molecule has 1 rings (SSSR count). The van der Waals surface area contributed by atoms with Crippen LogP contribution >= 0.6 is 23.2 Å². The molecule has 0 aromatic heterocycles. The Kier molecular flexibility index (Phi) is 5.42. The third-order valence-corrected chi connectivity index (χ3v) is 4.06. The van der Waals surface area contributed by atoms with Gasteiger partial charge in [0, 0.05) is 11.4 Å². The second-order valence-corrected chi connectivity index (χ2v) is 6.07. The van der Waals surface area contributed by atoms with Crippen LogP contribution < -0.4 is 5.32 Å². The minimum Gasteiger partial charge on any atom is -0.481 e. The van der Waals surface area contributed by atoms with Crippen LogP contribution in [0.1, 0.15) is 27.2 Å². The number of amides is 1. The van der Waals surface area contributed by atoms with Gasteiger partial charge >= 0.3 is 5.97 Å². The second-order valence-electron chi connectivity index (χ2n) is 5.23. The molecule has 1 atom stereocenters. The minimum absolute atomic E-state index is 0.136. The summed E-state index contributed by atoms with van der Waals surface area (Å²) in [5.41, 5.74) is -0.754. The van der Waals surface area contributed by atoms with Gasteiger partial charge in [-0.2, -0.15) is 0 Å². The van der Waals surface area contributed by atoms with E-state index in [-0.39, 0.29) is 12.3 Å². The van der Waals surface area contributed by atoms with E-state index in [1.807, 2.05) is 0 Å². The molecule has 1 unspecified atom stereocenters. The lowest BCUT2D eigenvalue weighted by Crippen LogP contribution is -2.37. The van der Waals surface area contributed by atoms with E-state index in [1.54, 1.807) is 32.9 Å². The number of carboxylic acids is 1. The highest BCUT2D eigenvalue weighted by Crippen LogP contribution is 2.32. The summed E-state index contributed by atoms with van der Waals surface area (Å²) in [4.78, 5) is 23.4. The van der Waals surface area contributed by atoms with Gasteiger partial charge in [-0.05, 0) is 31.0 Å². The van der Waals surface area contributed by atoms with Gasteiger partial charge in [0.1, 0.15) is 0 Å². The summed E-state index contributed by atoms with van der Waals surface area (Å²) in [5.74, 6) is -1.59. The Morgan fingerprint density at radius 3 is 2.45 bits per heavy atom. The number of halogens is 2. The van der Waals surface area contributed by atoms with Crippen molar-refractivity contribution in [1.29, 1.82) is 0 Å². The van der Waals surface area contributed by atoms with Gasteiger partial charge in [0.2, 0.25) is 5.91 Å². The van der Waals surface area contributed by atoms with E-state index < -0.39 is 17.3 Å². The molecule has 20 heavy (non-hydrogen) atoms. The molecule has 0 aliphatic carbocycles. The number of carbonyl (C=O) groups is 2. The summed E-state index contributed by atoms with van der Waals surface area (Å²) in [6.07, 6.45) is -0.136. The van der Waals surface area contributed by atoms with Crippen molar-refractivity contribution in [3.8, 4) is 0 Å². The molecule has 1 amide bonds. The van der Waals surface area contributed by atoms with Crippen LogP contribution in [0.4, 0.5) is 5.69 Å². The monoisotopic (exact) mass is 317 g/mol. The van der Waals surface area contributed by atoms with Crippen LogP contribution in [0.25, 0.3) is 0 Å². The first kappa shape index (κ1) is 16.8. The maximum absolute atomic E-state index is 12.0. The fraction of sp³-hybridized carbons (Fsp3) is 0.429. The third kappa shape index (κ3) is 3.87. The lowest BCUT2D eigenvalue weighted by Gasteiger charge is -2.28. The van der Waals surface area contributed by atoms with Crippen LogP contribution in [0, 0.1) is 11.3 Å². The van der Waals surface area contributed by atoms with Gasteiger partial charge < -0.3 is 10.4 Å². The van der Waals surface area contributed by atoms with E-state index in [0.717, 1.165) is 0 Å². The van der Waals surface area contributed by atoms with Crippen LogP contribution in [-0.2, 0) is 9.59 Å². The highest BCUT2D eigenvalue weighted by atomic mass is 35.5. The Hall–Kier alpha value is -1.26. The number of aliphatic carboxylic acids is 1. The van der Waals surface area contributed by atoms with Crippen molar-refractivity contribution in [1.82, 2.24) is 0 Å². The molecule has 2 N–H and O–H groups in total. The van der Waals surface area contributed by atoms with Crippen molar-refractivity contribution in [2.24, 2.45) is 11.3 Å². The van der Waals surface area contributed by atoms with E-state index in [9.17, 15) is 14.7 Å². The number of hydrogen-bond donors (Lipinski definition) is 2. The Bertz CT molecular complexity index is 531. The Morgan fingerprint density at radius 1 is 1.35 bits per heavy atom. The van der Waals surface area contributed by atoms with Gasteiger partial charge in [-0.25, -0.2) is 0 Å². The smallest absolute Gasteiger partial charge is 0.310 e. The number of nitrogens with one attached hydrogen (secondary N) is 1. The van der Waals surface area contributed by atoms with Gasteiger partial charge in [-0.3, -0.25) is 9.59 Å². The summed E-state index contributed by atoms with van der Waals surface area (Å²) < 4.78 is 0. The number of anilines is 1. The molecular weight excluding hydrogens is 301 g/mol. The highest BCUT2D eigenvalue weighted by molar-refractivity contribution is 6.35. The van der Waals surface area contributed by atoms with Gasteiger partial charge in [-0.1, -0.05) is 37.0 Å². The predicted molar refractivity (Wildman–Crippen MR) is 80.3 cm³/mol. The van der Waals surface area contributed by atoms with Gasteiger partial charge in [-0.15, -0.1) is 0 Å². The Labute approximate surface area is 128 Å².